The molecule has 9 heteroatoms. The Kier molecular flexibility index (Phi) is 4.62. The van der Waals surface area contributed by atoms with Gasteiger partial charge in [0.05, 0.1) is 5.91 Å². The number of carbonyl (C=O) groups excluding carboxylic acids is 3. The molecule has 2 aromatic rings. The first-order valence-corrected chi connectivity index (χ1v) is 9.24. The first kappa shape index (κ1) is 19.5. The van der Waals surface area contributed by atoms with Crippen LogP contribution in [0.4, 0.5) is 0 Å². The Morgan fingerprint density at radius 1 is 0.862 bits per heavy atom. The van der Waals surface area contributed by atoms with Crippen LogP contribution in [0.25, 0.3) is 10.8 Å². The third-order valence-corrected chi connectivity index (χ3v) is 5.37. The first-order valence-electron chi connectivity index (χ1n) is 9.24. The minimum absolute atomic E-state index is 0.0229. The Hall–Kier alpha value is -2.85. The summed E-state index contributed by atoms with van der Waals surface area (Å²) < 4.78 is 0. The minimum atomic E-state index is -2.90. The molecule has 2 aliphatic heterocycles. The van der Waals surface area contributed by atoms with Gasteiger partial charge in [0.1, 0.15) is 0 Å². The lowest BCUT2D eigenvalue weighted by Crippen LogP contribution is -2.60. The lowest BCUT2D eigenvalue weighted by atomic mass is 9.84. The highest BCUT2D eigenvalue weighted by Gasteiger charge is 2.41. The van der Waals surface area contributed by atoms with Crippen LogP contribution >= 0.6 is 0 Å². The molecule has 1 unspecified atom stereocenters. The van der Waals surface area contributed by atoms with Gasteiger partial charge >= 0.3 is 0 Å². The average molecular weight is 398 g/mol. The Labute approximate surface area is 165 Å². The molecule has 0 radical (unpaired) electrons. The fourth-order valence-electron chi connectivity index (χ4n) is 4.02. The van der Waals surface area contributed by atoms with E-state index in [1.807, 2.05) is 0 Å². The Morgan fingerprint density at radius 2 is 1.45 bits per heavy atom. The summed E-state index contributed by atoms with van der Waals surface area (Å²) in [6.45, 7) is -0.869. The summed E-state index contributed by atoms with van der Waals surface area (Å²) >= 11 is 0. The minimum Gasteiger partial charge on any atom is -0.854 e. The van der Waals surface area contributed by atoms with Crippen molar-refractivity contribution in [2.24, 2.45) is 0 Å². The zero-order valence-electron chi connectivity index (χ0n) is 15.4. The van der Waals surface area contributed by atoms with Gasteiger partial charge in [-0.2, -0.15) is 0 Å². The second kappa shape index (κ2) is 6.89. The van der Waals surface area contributed by atoms with E-state index < -0.39 is 30.2 Å². The van der Waals surface area contributed by atoms with Crippen molar-refractivity contribution in [2.75, 3.05) is 26.3 Å². The van der Waals surface area contributed by atoms with Crippen LogP contribution in [0.15, 0.2) is 24.3 Å². The van der Waals surface area contributed by atoms with Gasteiger partial charge in [-0.3, -0.25) is 19.3 Å². The monoisotopic (exact) mass is 398 g/mol. The largest absolute Gasteiger partial charge is 0.854 e. The number of carbonyl (C=O) groups is 3. The van der Waals surface area contributed by atoms with Gasteiger partial charge < -0.3 is 25.3 Å². The molecule has 152 valence electrons. The molecule has 0 aliphatic carbocycles. The first-order chi connectivity index (χ1) is 13.8. The molecular weight excluding hydrogens is 380 g/mol. The van der Waals surface area contributed by atoms with Crippen LogP contribution in [0.3, 0.4) is 0 Å². The summed E-state index contributed by atoms with van der Waals surface area (Å²) in [5, 5.41) is 43.8. The van der Waals surface area contributed by atoms with Gasteiger partial charge in [-0.1, -0.05) is 12.5 Å². The van der Waals surface area contributed by atoms with E-state index >= 15 is 0 Å². The lowest BCUT2D eigenvalue weighted by Gasteiger charge is -2.49. The summed E-state index contributed by atoms with van der Waals surface area (Å²) in [5.74, 6) is -4.85. The van der Waals surface area contributed by atoms with Crippen molar-refractivity contribution in [1.82, 2.24) is 9.80 Å². The number of imide groups is 1. The van der Waals surface area contributed by atoms with E-state index in [0.717, 1.165) is 9.80 Å². The maximum absolute atomic E-state index is 13.0. The fourth-order valence-corrected chi connectivity index (χ4v) is 4.02. The number of rotatable bonds is 6. The number of benzene rings is 2. The third-order valence-electron chi connectivity index (χ3n) is 5.37. The average Bonchev–Trinajstić information content (AvgIpc) is 2.70. The van der Waals surface area contributed by atoms with E-state index in [-0.39, 0.29) is 65.6 Å². The Bertz CT molecular complexity index is 1020. The molecule has 2 aromatic carbocycles. The van der Waals surface area contributed by atoms with Crippen molar-refractivity contribution in [1.29, 1.82) is 0 Å². The van der Waals surface area contributed by atoms with Gasteiger partial charge in [0.25, 0.3) is 17.7 Å². The van der Waals surface area contributed by atoms with Crippen LogP contribution < -0.4 is 10.2 Å². The van der Waals surface area contributed by atoms with E-state index in [9.17, 15) is 29.7 Å². The molecule has 9 nitrogen and oxygen atoms in total. The molecule has 2 heterocycles. The zero-order chi connectivity index (χ0) is 20.9. The zero-order valence-corrected chi connectivity index (χ0v) is 15.4. The quantitative estimate of drug-likeness (QED) is 0.444. The van der Waals surface area contributed by atoms with Crippen molar-refractivity contribution in [3.63, 3.8) is 0 Å². The van der Waals surface area contributed by atoms with Gasteiger partial charge in [-0.15, -0.1) is 6.61 Å². The SMILES string of the molecule is O=C1c2ccc3c4c(ccc(c24)C(=O)N1CCC[O-])C([O-])(O)N(CCCO)C3=O. The number of amides is 3. The van der Waals surface area contributed by atoms with Crippen LogP contribution in [0.5, 0.6) is 0 Å². The van der Waals surface area contributed by atoms with E-state index in [4.69, 9.17) is 5.11 Å². The van der Waals surface area contributed by atoms with Crippen molar-refractivity contribution >= 4 is 28.5 Å². The normalized spacial score (nSPS) is 20.8. The van der Waals surface area contributed by atoms with E-state index in [1.54, 1.807) is 0 Å². The van der Waals surface area contributed by atoms with Gasteiger partial charge in [0, 0.05) is 47.2 Å². The molecule has 29 heavy (non-hydrogen) atoms. The van der Waals surface area contributed by atoms with Crippen LogP contribution in [-0.2, 0) is 5.91 Å². The molecule has 0 spiro atoms. The summed E-state index contributed by atoms with van der Waals surface area (Å²) in [4.78, 5) is 40.3. The predicted molar refractivity (Wildman–Crippen MR) is 95.4 cm³/mol. The fraction of sp³-hybridized carbons (Fsp3) is 0.350. The van der Waals surface area contributed by atoms with Crippen LogP contribution in [0.2, 0.25) is 0 Å². The van der Waals surface area contributed by atoms with Crippen molar-refractivity contribution in [3.8, 4) is 0 Å². The topological polar surface area (TPSA) is 144 Å². The van der Waals surface area contributed by atoms with Crippen molar-refractivity contribution in [2.45, 2.75) is 18.8 Å². The number of hydrogen-bond donors (Lipinski definition) is 2. The van der Waals surface area contributed by atoms with E-state index in [1.165, 1.54) is 24.3 Å². The predicted octanol–water partition coefficient (Wildman–Crippen LogP) is -1.51. The van der Waals surface area contributed by atoms with E-state index in [2.05, 4.69) is 0 Å². The summed E-state index contributed by atoms with van der Waals surface area (Å²) in [7, 11) is 0. The molecule has 1 atom stereocenters. The molecule has 0 saturated heterocycles. The van der Waals surface area contributed by atoms with Gasteiger partial charge in [0.15, 0.2) is 0 Å². The smallest absolute Gasteiger partial charge is 0.261 e. The molecule has 3 amide bonds. The summed E-state index contributed by atoms with van der Waals surface area (Å²) in [5.41, 5.74) is 0.254. The Morgan fingerprint density at radius 3 is 2.03 bits per heavy atom. The molecular formula is C20H18N2O7-2. The van der Waals surface area contributed by atoms with Crippen molar-refractivity contribution < 1.29 is 34.8 Å². The highest BCUT2D eigenvalue weighted by molar-refractivity contribution is 6.28. The van der Waals surface area contributed by atoms with Crippen LogP contribution in [0, 0.1) is 0 Å². The summed E-state index contributed by atoms with van der Waals surface area (Å²) in [6.07, 6.45) is 0.224. The third kappa shape index (κ3) is 2.66. The Balaban J connectivity index is 1.94. The van der Waals surface area contributed by atoms with E-state index in [0.29, 0.717) is 0 Å². The maximum Gasteiger partial charge on any atom is 0.261 e. The molecule has 0 fully saturated rings. The highest BCUT2D eigenvalue weighted by atomic mass is 16.5. The van der Waals surface area contributed by atoms with Crippen LogP contribution in [0.1, 0.15) is 49.5 Å². The molecule has 0 aromatic heterocycles. The number of aliphatic hydroxyl groups is 2. The standard InChI is InChI=1S/C20H18N2O7/c23-9-1-7-21-17(25)11-3-4-13-16-14(6-5-12(15(11)16)18(21)26)20(28,29)22(19(13)27)8-2-10-24/h3-6,24,28H,1-2,7-10H2/q-2. The van der Waals surface area contributed by atoms with Crippen LogP contribution in [-0.4, -0.2) is 64.0 Å². The highest BCUT2D eigenvalue weighted by Crippen LogP contribution is 2.41. The maximum atomic E-state index is 13.0. The molecule has 2 aliphatic rings. The molecule has 2 N–H and O–H groups in total. The number of nitrogens with zero attached hydrogens (tertiary/aromatic N) is 2. The molecule has 0 bridgehead atoms. The number of aliphatic hydroxyl groups excluding tert-OH is 1. The second-order valence-corrected chi connectivity index (χ2v) is 7.03. The molecule has 0 saturated carbocycles. The van der Waals surface area contributed by atoms with Gasteiger partial charge in [-0.25, -0.2) is 0 Å². The lowest BCUT2D eigenvalue weighted by molar-refractivity contribution is -0.596. The number of hydrogen-bond acceptors (Lipinski definition) is 7. The molecule has 4 rings (SSSR count). The summed E-state index contributed by atoms with van der Waals surface area (Å²) in [6, 6.07) is 5.46. The van der Waals surface area contributed by atoms with Gasteiger partial charge in [0.2, 0.25) is 0 Å². The van der Waals surface area contributed by atoms with Crippen molar-refractivity contribution in [3.05, 3.63) is 46.5 Å². The second-order valence-electron chi connectivity index (χ2n) is 7.03. The van der Waals surface area contributed by atoms with Gasteiger partial charge in [-0.05, 0) is 30.2 Å².